The van der Waals surface area contributed by atoms with Crippen LogP contribution in [0.3, 0.4) is 0 Å². The van der Waals surface area contributed by atoms with Crippen LogP contribution in [0.15, 0.2) is 24.3 Å². The number of nitrogens with zero attached hydrogens (tertiary/aromatic N) is 1. The Bertz CT molecular complexity index is 670. The smallest absolute Gasteiger partial charge is 0.251 e. The fourth-order valence-electron chi connectivity index (χ4n) is 3.22. The van der Waals surface area contributed by atoms with E-state index in [1.807, 2.05) is 24.3 Å². The van der Waals surface area contributed by atoms with Crippen LogP contribution in [0.25, 0.3) is 0 Å². The number of hydrogen-bond acceptors (Lipinski definition) is 5. The number of hydrogen-bond donors (Lipinski definition) is 2. The Labute approximate surface area is 143 Å². The molecule has 2 aliphatic rings. The van der Waals surface area contributed by atoms with Gasteiger partial charge in [-0.3, -0.25) is 9.69 Å². The van der Waals surface area contributed by atoms with Crippen LogP contribution in [0, 0.1) is 0 Å². The van der Waals surface area contributed by atoms with Crippen molar-refractivity contribution in [1.29, 1.82) is 0 Å². The zero-order chi connectivity index (χ0) is 17.0. The first-order valence-corrected chi connectivity index (χ1v) is 10.4. The summed E-state index contributed by atoms with van der Waals surface area (Å²) in [5, 5.41) is 6.38. The number of benzene rings is 1. The molecule has 7 heteroatoms. The zero-order valence-electron chi connectivity index (χ0n) is 13.8. The number of sulfone groups is 1. The van der Waals surface area contributed by atoms with E-state index in [0.717, 1.165) is 31.5 Å². The first-order valence-electron chi connectivity index (χ1n) is 8.55. The molecule has 1 unspecified atom stereocenters. The average Bonchev–Trinajstić information content (AvgIpc) is 2.58. The van der Waals surface area contributed by atoms with Crippen LogP contribution in [-0.4, -0.2) is 63.0 Å². The SMILES string of the molecule is O=C(NC1CCCNC1)c1cccc(CN2CCS(=O)(=O)CC2)c1. The summed E-state index contributed by atoms with van der Waals surface area (Å²) in [5.41, 5.74) is 1.71. The lowest BCUT2D eigenvalue weighted by atomic mass is 10.1. The van der Waals surface area contributed by atoms with Crippen LogP contribution in [0.5, 0.6) is 0 Å². The van der Waals surface area contributed by atoms with Gasteiger partial charge in [-0.25, -0.2) is 8.42 Å². The van der Waals surface area contributed by atoms with E-state index < -0.39 is 9.84 Å². The molecule has 0 aromatic heterocycles. The van der Waals surface area contributed by atoms with Crippen molar-refractivity contribution < 1.29 is 13.2 Å². The molecule has 1 aromatic carbocycles. The van der Waals surface area contributed by atoms with Crippen molar-refractivity contribution in [3.05, 3.63) is 35.4 Å². The van der Waals surface area contributed by atoms with Gasteiger partial charge in [0.2, 0.25) is 0 Å². The highest BCUT2D eigenvalue weighted by atomic mass is 32.2. The molecule has 1 aromatic rings. The Hall–Kier alpha value is -1.44. The van der Waals surface area contributed by atoms with Gasteiger partial charge in [-0.2, -0.15) is 0 Å². The van der Waals surface area contributed by atoms with Gasteiger partial charge in [0.15, 0.2) is 9.84 Å². The second-order valence-electron chi connectivity index (χ2n) is 6.65. The fourth-order valence-corrected chi connectivity index (χ4v) is 4.50. The maximum absolute atomic E-state index is 12.4. The van der Waals surface area contributed by atoms with Gasteiger partial charge in [0.05, 0.1) is 11.5 Å². The number of piperidine rings is 1. The summed E-state index contributed by atoms with van der Waals surface area (Å²) in [6.07, 6.45) is 2.10. The summed E-state index contributed by atoms with van der Waals surface area (Å²) in [4.78, 5) is 14.5. The maximum atomic E-state index is 12.4. The van der Waals surface area contributed by atoms with Gasteiger partial charge >= 0.3 is 0 Å². The zero-order valence-corrected chi connectivity index (χ0v) is 14.6. The number of amides is 1. The molecule has 6 nitrogen and oxygen atoms in total. The minimum atomic E-state index is -2.86. The maximum Gasteiger partial charge on any atom is 0.251 e. The summed E-state index contributed by atoms with van der Waals surface area (Å²) >= 11 is 0. The predicted molar refractivity (Wildman–Crippen MR) is 93.7 cm³/mol. The van der Waals surface area contributed by atoms with Crippen molar-refractivity contribution in [2.75, 3.05) is 37.7 Å². The van der Waals surface area contributed by atoms with Gasteiger partial charge in [-0.05, 0) is 37.1 Å². The second-order valence-corrected chi connectivity index (χ2v) is 8.95. The first kappa shape index (κ1) is 17.4. The number of carbonyl (C=O) groups is 1. The molecule has 2 fully saturated rings. The Kier molecular flexibility index (Phi) is 5.53. The summed E-state index contributed by atoms with van der Waals surface area (Å²) in [6.45, 7) is 3.65. The molecular formula is C17H25N3O3S. The highest BCUT2D eigenvalue weighted by Crippen LogP contribution is 2.12. The summed E-state index contributed by atoms with van der Waals surface area (Å²) < 4.78 is 23.0. The first-order chi connectivity index (χ1) is 11.5. The van der Waals surface area contributed by atoms with E-state index in [1.54, 1.807) is 0 Å². The molecule has 132 valence electrons. The minimum absolute atomic E-state index is 0.0354. The van der Waals surface area contributed by atoms with Gasteiger partial charge < -0.3 is 10.6 Å². The topological polar surface area (TPSA) is 78.5 Å². The van der Waals surface area contributed by atoms with Crippen molar-refractivity contribution in [1.82, 2.24) is 15.5 Å². The van der Waals surface area contributed by atoms with Crippen LogP contribution in [0.1, 0.15) is 28.8 Å². The lowest BCUT2D eigenvalue weighted by Crippen LogP contribution is -2.45. The molecular weight excluding hydrogens is 326 g/mol. The van der Waals surface area contributed by atoms with Crippen LogP contribution in [0.2, 0.25) is 0 Å². The Morgan fingerprint density at radius 1 is 1.29 bits per heavy atom. The quantitative estimate of drug-likeness (QED) is 0.821. The van der Waals surface area contributed by atoms with E-state index in [-0.39, 0.29) is 23.5 Å². The van der Waals surface area contributed by atoms with Crippen molar-refractivity contribution in [3.63, 3.8) is 0 Å². The molecule has 3 rings (SSSR count). The van der Waals surface area contributed by atoms with Gasteiger partial charge in [-0.15, -0.1) is 0 Å². The normalized spacial score (nSPS) is 24.4. The molecule has 0 bridgehead atoms. The molecule has 24 heavy (non-hydrogen) atoms. The highest BCUT2D eigenvalue weighted by molar-refractivity contribution is 7.91. The minimum Gasteiger partial charge on any atom is -0.348 e. The molecule has 0 saturated carbocycles. The van der Waals surface area contributed by atoms with Crippen LogP contribution in [-0.2, 0) is 16.4 Å². The van der Waals surface area contributed by atoms with Gasteiger partial charge in [-0.1, -0.05) is 12.1 Å². The van der Waals surface area contributed by atoms with Crippen molar-refractivity contribution in [2.24, 2.45) is 0 Å². The Morgan fingerprint density at radius 3 is 2.79 bits per heavy atom. The van der Waals surface area contributed by atoms with E-state index in [1.165, 1.54) is 0 Å². The summed E-state index contributed by atoms with van der Waals surface area (Å²) in [5.74, 6) is 0.413. The van der Waals surface area contributed by atoms with E-state index in [4.69, 9.17) is 0 Å². The molecule has 1 amide bonds. The largest absolute Gasteiger partial charge is 0.348 e. The van der Waals surface area contributed by atoms with Gasteiger partial charge in [0.1, 0.15) is 0 Å². The van der Waals surface area contributed by atoms with Gasteiger partial charge in [0, 0.05) is 37.8 Å². The third-order valence-electron chi connectivity index (χ3n) is 4.66. The molecule has 2 N–H and O–H groups in total. The summed E-state index contributed by atoms with van der Waals surface area (Å²) in [6, 6.07) is 7.82. The summed E-state index contributed by atoms with van der Waals surface area (Å²) in [7, 11) is -2.86. The standard InChI is InChI=1S/C17H25N3O3S/c21-17(19-16-5-2-6-18-12-16)15-4-1-3-14(11-15)13-20-7-9-24(22,23)10-8-20/h1,3-4,11,16,18H,2,5-10,12-13H2,(H,19,21). The van der Waals surface area contributed by atoms with Crippen LogP contribution in [0.4, 0.5) is 0 Å². The average molecular weight is 351 g/mol. The number of rotatable bonds is 4. The van der Waals surface area contributed by atoms with Crippen molar-refractivity contribution in [3.8, 4) is 0 Å². The van der Waals surface area contributed by atoms with E-state index >= 15 is 0 Å². The number of carbonyl (C=O) groups excluding carboxylic acids is 1. The molecule has 0 spiro atoms. The number of nitrogens with one attached hydrogen (secondary N) is 2. The van der Waals surface area contributed by atoms with Crippen LogP contribution < -0.4 is 10.6 Å². The fraction of sp³-hybridized carbons (Fsp3) is 0.588. The molecule has 2 heterocycles. The third-order valence-corrected chi connectivity index (χ3v) is 6.27. The monoisotopic (exact) mass is 351 g/mol. The molecule has 2 aliphatic heterocycles. The van der Waals surface area contributed by atoms with E-state index in [2.05, 4.69) is 15.5 Å². The van der Waals surface area contributed by atoms with E-state index in [9.17, 15) is 13.2 Å². The molecule has 0 aliphatic carbocycles. The van der Waals surface area contributed by atoms with Crippen LogP contribution >= 0.6 is 0 Å². The Balaban J connectivity index is 1.58. The molecule has 0 radical (unpaired) electrons. The van der Waals surface area contributed by atoms with Crippen molar-refractivity contribution in [2.45, 2.75) is 25.4 Å². The lowest BCUT2D eigenvalue weighted by Gasteiger charge is -2.26. The van der Waals surface area contributed by atoms with Gasteiger partial charge in [0.25, 0.3) is 5.91 Å². The third kappa shape index (κ3) is 4.78. The predicted octanol–water partition coefficient (Wildman–Crippen LogP) is 0.399. The Morgan fingerprint density at radius 2 is 2.08 bits per heavy atom. The van der Waals surface area contributed by atoms with Crippen molar-refractivity contribution >= 4 is 15.7 Å². The lowest BCUT2D eigenvalue weighted by molar-refractivity contribution is 0.0930. The second kappa shape index (κ2) is 7.63. The highest BCUT2D eigenvalue weighted by Gasteiger charge is 2.22. The van der Waals surface area contributed by atoms with E-state index in [0.29, 0.717) is 25.2 Å². The molecule has 1 atom stereocenters. The molecule has 2 saturated heterocycles.